The van der Waals surface area contributed by atoms with E-state index in [1.54, 1.807) is 12.1 Å². The molecule has 1 unspecified atom stereocenters. The van der Waals surface area contributed by atoms with Gasteiger partial charge in [0.2, 0.25) is 0 Å². The van der Waals surface area contributed by atoms with Crippen molar-refractivity contribution in [1.29, 1.82) is 0 Å². The summed E-state index contributed by atoms with van der Waals surface area (Å²) in [6, 6.07) is 10.3. The first kappa shape index (κ1) is 19.2. The van der Waals surface area contributed by atoms with Crippen molar-refractivity contribution in [3.63, 3.8) is 0 Å². The number of esters is 1. The van der Waals surface area contributed by atoms with Gasteiger partial charge in [-0.1, -0.05) is 26.0 Å². The van der Waals surface area contributed by atoms with Crippen molar-refractivity contribution in [3.8, 4) is 0 Å². The van der Waals surface area contributed by atoms with Gasteiger partial charge in [-0.25, -0.2) is 9.18 Å². The van der Waals surface area contributed by atoms with Gasteiger partial charge in [0, 0.05) is 30.1 Å². The van der Waals surface area contributed by atoms with Crippen molar-refractivity contribution in [2.75, 3.05) is 6.54 Å². The van der Waals surface area contributed by atoms with Crippen LogP contribution >= 0.6 is 0 Å². The van der Waals surface area contributed by atoms with Gasteiger partial charge in [-0.2, -0.15) is 0 Å². The van der Waals surface area contributed by atoms with Gasteiger partial charge in [0.1, 0.15) is 5.82 Å². The Bertz CT molecular complexity index is 1090. The summed E-state index contributed by atoms with van der Waals surface area (Å²) in [6.07, 6.45) is 1.90. The van der Waals surface area contributed by atoms with Gasteiger partial charge < -0.3 is 15.0 Å². The van der Waals surface area contributed by atoms with E-state index in [0.29, 0.717) is 30.9 Å². The van der Waals surface area contributed by atoms with Crippen molar-refractivity contribution in [1.82, 2.24) is 10.3 Å². The Morgan fingerprint density at radius 1 is 1.28 bits per heavy atom. The summed E-state index contributed by atoms with van der Waals surface area (Å²) in [7, 11) is 0. The molecular weight excluding hydrogens is 371 g/mol. The van der Waals surface area contributed by atoms with E-state index >= 15 is 0 Å². The summed E-state index contributed by atoms with van der Waals surface area (Å²) in [5.41, 5.74) is 4.28. The minimum atomic E-state index is -0.835. The first-order chi connectivity index (χ1) is 13.9. The van der Waals surface area contributed by atoms with Crippen LogP contribution in [0.2, 0.25) is 0 Å². The number of carbonyl (C=O) groups is 2. The number of halogens is 1. The van der Waals surface area contributed by atoms with E-state index in [0.717, 1.165) is 27.6 Å². The van der Waals surface area contributed by atoms with E-state index in [1.807, 2.05) is 18.3 Å². The van der Waals surface area contributed by atoms with Crippen LogP contribution in [0.1, 0.15) is 46.8 Å². The number of H-pyrrole nitrogens is 1. The molecule has 2 heterocycles. The zero-order chi connectivity index (χ0) is 20.5. The highest BCUT2D eigenvalue weighted by atomic mass is 19.1. The molecule has 0 bridgehead atoms. The Hall–Kier alpha value is -3.15. The normalized spacial score (nSPS) is 16.0. The van der Waals surface area contributed by atoms with Crippen molar-refractivity contribution >= 4 is 22.8 Å². The number of aromatic nitrogens is 1. The zero-order valence-electron chi connectivity index (χ0n) is 16.4. The van der Waals surface area contributed by atoms with Crippen molar-refractivity contribution in [3.05, 3.63) is 70.7 Å². The molecule has 2 aromatic carbocycles. The van der Waals surface area contributed by atoms with Gasteiger partial charge >= 0.3 is 5.97 Å². The van der Waals surface area contributed by atoms with Crippen LogP contribution < -0.4 is 5.32 Å². The Morgan fingerprint density at radius 2 is 2.10 bits per heavy atom. The van der Waals surface area contributed by atoms with E-state index in [1.165, 1.54) is 12.1 Å². The molecule has 3 aromatic rings. The van der Waals surface area contributed by atoms with Gasteiger partial charge in [0.25, 0.3) is 5.91 Å². The predicted octanol–water partition coefficient (Wildman–Crippen LogP) is 3.87. The van der Waals surface area contributed by atoms with Gasteiger partial charge in [0.15, 0.2) is 6.10 Å². The summed E-state index contributed by atoms with van der Waals surface area (Å²) < 4.78 is 18.8. The fourth-order valence-electron chi connectivity index (χ4n) is 3.71. The molecule has 1 atom stereocenters. The molecule has 29 heavy (non-hydrogen) atoms. The summed E-state index contributed by atoms with van der Waals surface area (Å²) in [4.78, 5) is 27.9. The van der Waals surface area contributed by atoms with E-state index < -0.39 is 12.1 Å². The maximum Gasteiger partial charge on any atom is 0.339 e. The molecule has 150 valence electrons. The maximum absolute atomic E-state index is 13.5. The lowest BCUT2D eigenvalue weighted by molar-refractivity contribution is -0.130. The zero-order valence-corrected chi connectivity index (χ0v) is 16.4. The SMILES string of the molecule is CC(C)c1ccc2c(c1)CC(C(=O)NCCc1c[nH]c3ccc(F)cc13)OC2=O. The van der Waals surface area contributed by atoms with E-state index in [4.69, 9.17) is 4.74 Å². The number of hydrogen-bond donors (Lipinski definition) is 2. The number of carbonyl (C=O) groups excluding carboxylic acids is 2. The fraction of sp³-hybridized carbons (Fsp3) is 0.304. The number of benzene rings is 2. The molecule has 1 aliphatic rings. The predicted molar refractivity (Wildman–Crippen MR) is 108 cm³/mol. The molecule has 0 aliphatic carbocycles. The Labute approximate surface area is 168 Å². The van der Waals surface area contributed by atoms with Crippen molar-refractivity contribution < 1.29 is 18.7 Å². The standard InChI is InChI=1S/C23H23FN2O3/c1-13(2)14-3-5-18-16(9-14)10-21(29-23(18)28)22(27)25-8-7-15-12-26-20-6-4-17(24)11-19(15)20/h3-6,9,11-13,21,26H,7-8,10H2,1-2H3,(H,25,27). The third-order valence-electron chi connectivity index (χ3n) is 5.39. The first-order valence-corrected chi connectivity index (χ1v) is 9.79. The molecule has 0 radical (unpaired) electrons. The largest absolute Gasteiger partial charge is 0.448 e. The van der Waals surface area contributed by atoms with Gasteiger partial charge in [-0.15, -0.1) is 0 Å². The summed E-state index contributed by atoms with van der Waals surface area (Å²) in [5.74, 6) is -0.735. The van der Waals surface area contributed by atoms with Crippen LogP contribution in [0.3, 0.4) is 0 Å². The Balaban J connectivity index is 1.40. The van der Waals surface area contributed by atoms with Crippen LogP contribution in [0.25, 0.3) is 10.9 Å². The van der Waals surface area contributed by atoms with Crippen LogP contribution in [-0.2, 0) is 22.4 Å². The minimum absolute atomic E-state index is 0.295. The lowest BCUT2D eigenvalue weighted by atomic mass is 9.92. The van der Waals surface area contributed by atoms with Crippen molar-refractivity contribution in [2.45, 2.75) is 38.7 Å². The van der Waals surface area contributed by atoms with E-state index in [9.17, 15) is 14.0 Å². The molecule has 1 aliphatic heterocycles. The highest BCUT2D eigenvalue weighted by Gasteiger charge is 2.31. The number of nitrogens with one attached hydrogen (secondary N) is 2. The molecular formula is C23H23FN2O3. The number of aromatic amines is 1. The number of amides is 1. The molecule has 6 heteroatoms. The fourth-order valence-corrected chi connectivity index (χ4v) is 3.71. The van der Waals surface area contributed by atoms with E-state index in [-0.39, 0.29) is 11.7 Å². The van der Waals surface area contributed by atoms with Gasteiger partial charge in [-0.3, -0.25) is 4.79 Å². The lowest BCUT2D eigenvalue weighted by Crippen LogP contribution is -2.42. The number of fused-ring (bicyclic) bond motifs is 2. The highest BCUT2D eigenvalue weighted by molar-refractivity contribution is 5.96. The second-order valence-corrected chi connectivity index (χ2v) is 7.71. The molecule has 0 fully saturated rings. The topological polar surface area (TPSA) is 71.2 Å². The molecule has 0 saturated carbocycles. The first-order valence-electron chi connectivity index (χ1n) is 9.79. The molecule has 4 rings (SSSR count). The molecule has 5 nitrogen and oxygen atoms in total. The van der Waals surface area contributed by atoms with Crippen LogP contribution in [0.5, 0.6) is 0 Å². The molecule has 0 saturated heterocycles. The van der Waals surface area contributed by atoms with Gasteiger partial charge in [0.05, 0.1) is 5.56 Å². The average Bonchev–Trinajstić information content (AvgIpc) is 3.09. The van der Waals surface area contributed by atoms with Gasteiger partial charge in [-0.05, 0) is 53.3 Å². The van der Waals surface area contributed by atoms with Crippen molar-refractivity contribution in [2.24, 2.45) is 0 Å². The second-order valence-electron chi connectivity index (χ2n) is 7.71. The molecule has 1 amide bonds. The van der Waals surface area contributed by atoms with Crippen LogP contribution in [-0.4, -0.2) is 29.5 Å². The van der Waals surface area contributed by atoms with Crippen LogP contribution in [0.4, 0.5) is 4.39 Å². The second kappa shape index (κ2) is 7.70. The summed E-state index contributed by atoms with van der Waals surface area (Å²) in [5, 5.41) is 3.64. The molecule has 1 aromatic heterocycles. The van der Waals surface area contributed by atoms with Crippen LogP contribution in [0, 0.1) is 5.82 Å². The summed E-state index contributed by atoms with van der Waals surface area (Å²) in [6.45, 7) is 4.54. The van der Waals surface area contributed by atoms with E-state index in [2.05, 4.69) is 24.1 Å². The summed E-state index contributed by atoms with van der Waals surface area (Å²) >= 11 is 0. The number of ether oxygens (including phenoxy) is 1. The Morgan fingerprint density at radius 3 is 2.90 bits per heavy atom. The lowest BCUT2D eigenvalue weighted by Gasteiger charge is -2.24. The number of cyclic esters (lactones) is 1. The highest BCUT2D eigenvalue weighted by Crippen LogP contribution is 2.25. The maximum atomic E-state index is 13.5. The smallest absolute Gasteiger partial charge is 0.339 e. The minimum Gasteiger partial charge on any atom is -0.448 e. The molecule has 2 N–H and O–H groups in total. The molecule has 0 spiro atoms. The monoisotopic (exact) mass is 394 g/mol. The third kappa shape index (κ3) is 3.88. The van der Waals surface area contributed by atoms with Crippen LogP contribution in [0.15, 0.2) is 42.6 Å². The average molecular weight is 394 g/mol. The third-order valence-corrected chi connectivity index (χ3v) is 5.39. The quantitative estimate of drug-likeness (QED) is 0.646. The Kier molecular flexibility index (Phi) is 5.09. The number of rotatable bonds is 5. The number of hydrogen-bond acceptors (Lipinski definition) is 3.